The smallest absolute Gasteiger partial charge is 0.417 e. The van der Waals surface area contributed by atoms with Crippen LogP contribution in [0.25, 0.3) is 11.0 Å². The Balaban J connectivity index is 1.31. The molecular weight excluding hydrogens is 507 g/mol. The highest BCUT2D eigenvalue weighted by Crippen LogP contribution is 2.34. The molecule has 5 rings (SSSR count). The molecule has 1 aliphatic heterocycles. The number of pyridine rings is 1. The number of hydrogen-bond acceptors (Lipinski definition) is 6. The van der Waals surface area contributed by atoms with Gasteiger partial charge in [0.05, 0.1) is 10.5 Å². The van der Waals surface area contributed by atoms with Crippen LogP contribution in [0.2, 0.25) is 0 Å². The van der Waals surface area contributed by atoms with Crippen LogP contribution >= 0.6 is 0 Å². The van der Waals surface area contributed by atoms with E-state index in [1.165, 1.54) is 28.6 Å². The Hall–Kier alpha value is -3.70. The van der Waals surface area contributed by atoms with E-state index in [1.54, 1.807) is 30.6 Å². The summed E-state index contributed by atoms with van der Waals surface area (Å²) < 4.78 is 73.0. The van der Waals surface area contributed by atoms with E-state index in [0.29, 0.717) is 37.8 Å². The first-order valence-corrected chi connectivity index (χ1v) is 12.9. The van der Waals surface area contributed by atoms with Gasteiger partial charge in [0, 0.05) is 55.7 Å². The fourth-order valence-corrected chi connectivity index (χ4v) is 5.88. The Bertz CT molecular complexity index is 1580. The van der Waals surface area contributed by atoms with Crippen molar-refractivity contribution in [1.29, 1.82) is 0 Å². The van der Waals surface area contributed by atoms with Gasteiger partial charge >= 0.3 is 11.8 Å². The van der Waals surface area contributed by atoms with Crippen LogP contribution < -0.4 is 10.5 Å². The van der Waals surface area contributed by atoms with Crippen molar-refractivity contribution in [3.8, 4) is 0 Å². The van der Waals surface area contributed by atoms with Crippen LogP contribution in [-0.4, -0.2) is 43.9 Å². The second-order valence-electron chi connectivity index (χ2n) is 8.72. The predicted octanol–water partition coefficient (Wildman–Crippen LogP) is 4.31. The van der Waals surface area contributed by atoms with Gasteiger partial charge in [0.25, 0.3) is 0 Å². The summed E-state index contributed by atoms with van der Waals surface area (Å²) in [4.78, 5) is 17.8. The maximum Gasteiger partial charge on any atom is 0.417 e. The van der Waals surface area contributed by atoms with E-state index in [9.17, 15) is 26.4 Å². The molecule has 2 aromatic heterocycles. The number of piperazine rings is 1. The third kappa shape index (κ3) is 5.23. The zero-order valence-electron chi connectivity index (χ0n) is 19.5. The molecular formula is C26H22F3N3O4S. The summed E-state index contributed by atoms with van der Waals surface area (Å²) >= 11 is 0. The van der Waals surface area contributed by atoms with Gasteiger partial charge in [0.1, 0.15) is 5.58 Å². The van der Waals surface area contributed by atoms with E-state index < -0.39 is 27.4 Å². The van der Waals surface area contributed by atoms with E-state index in [0.717, 1.165) is 11.3 Å². The number of halogens is 3. The number of benzene rings is 2. The summed E-state index contributed by atoms with van der Waals surface area (Å²) in [6, 6.07) is 14.8. The summed E-state index contributed by atoms with van der Waals surface area (Å²) in [5.74, 6) is 0. The zero-order valence-corrected chi connectivity index (χ0v) is 20.3. The number of rotatable bonds is 5. The lowest BCUT2D eigenvalue weighted by Gasteiger charge is -2.35. The molecule has 1 fully saturated rings. The van der Waals surface area contributed by atoms with Crippen LogP contribution in [0.15, 0.2) is 87.2 Å². The van der Waals surface area contributed by atoms with Crippen LogP contribution in [-0.2, 0) is 22.6 Å². The quantitative estimate of drug-likeness (QED) is 0.359. The molecule has 7 nitrogen and oxygen atoms in total. The van der Waals surface area contributed by atoms with Crippen LogP contribution in [0.5, 0.6) is 0 Å². The molecule has 2 aromatic carbocycles. The van der Waals surface area contributed by atoms with Crippen LogP contribution in [0.3, 0.4) is 0 Å². The molecule has 0 saturated carbocycles. The third-order valence-electron chi connectivity index (χ3n) is 6.35. The van der Waals surface area contributed by atoms with E-state index in [4.69, 9.17) is 4.42 Å². The fraction of sp³-hybridized carbons (Fsp3) is 0.231. The molecule has 0 atom stereocenters. The van der Waals surface area contributed by atoms with Crippen LogP contribution in [0, 0.1) is 0 Å². The molecule has 1 aliphatic rings. The van der Waals surface area contributed by atoms with Gasteiger partial charge in [-0.25, -0.2) is 13.2 Å². The van der Waals surface area contributed by atoms with E-state index >= 15 is 0 Å². The molecule has 11 heteroatoms. The van der Waals surface area contributed by atoms with Gasteiger partial charge in [-0.15, -0.1) is 0 Å². The zero-order chi connectivity index (χ0) is 26.2. The summed E-state index contributed by atoms with van der Waals surface area (Å²) in [6.07, 6.45) is -1.03. The average molecular weight is 530 g/mol. The van der Waals surface area contributed by atoms with E-state index in [-0.39, 0.29) is 22.3 Å². The minimum Gasteiger partial charge on any atom is -0.423 e. The normalized spacial score (nSPS) is 15.3. The highest BCUT2D eigenvalue weighted by molar-refractivity contribution is 7.89. The molecule has 0 unspecified atom stereocenters. The molecule has 3 heterocycles. The Labute approximate surface area is 210 Å². The summed E-state index contributed by atoms with van der Waals surface area (Å²) in [5.41, 5.74) is 0.0271. The monoisotopic (exact) mass is 529 g/mol. The molecule has 0 N–H and O–H groups in total. The minimum atomic E-state index is -4.70. The largest absolute Gasteiger partial charge is 0.423 e. The van der Waals surface area contributed by atoms with Gasteiger partial charge in [-0.05, 0) is 53.9 Å². The van der Waals surface area contributed by atoms with Gasteiger partial charge in [0.2, 0.25) is 10.0 Å². The minimum absolute atomic E-state index is 0.144. The van der Waals surface area contributed by atoms with Gasteiger partial charge < -0.3 is 9.32 Å². The molecule has 37 heavy (non-hydrogen) atoms. The lowest BCUT2D eigenvalue weighted by atomic mass is 10.0. The van der Waals surface area contributed by atoms with Gasteiger partial charge in [0.15, 0.2) is 0 Å². The Morgan fingerprint density at radius 1 is 0.865 bits per heavy atom. The SMILES string of the molecule is O=c1cc(C(F)(F)F)c2cc(Cc3ccc(S(=O)(=O)N4CCN(c5ccncc5)CC4)cc3)ccc2o1. The highest BCUT2D eigenvalue weighted by Gasteiger charge is 2.34. The molecule has 0 bridgehead atoms. The van der Waals surface area contributed by atoms with Crippen molar-refractivity contribution in [1.82, 2.24) is 9.29 Å². The first-order chi connectivity index (χ1) is 17.6. The molecule has 0 aliphatic carbocycles. The molecule has 4 aromatic rings. The lowest BCUT2D eigenvalue weighted by molar-refractivity contribution is -0.136. The number of aromatic nitrogens is 1. The molecule has 0 radical (unpaired) electrons. The number of nitrogens with zero attached hydrogens (tertiary/aromatic N) is 3. The van der Waals surface area contributed by atoms with Gasteiger partial charge in [-0.3, -0.25) is 4.98 Å². The number of anilines is 1. The summed E-state index contributed by atoms with van der Waals surface area (Å²) in [6.45, 7) is 1.81. The standard InChI is InChI=1S/C26H22F3N3O4S/c27-26(28,29)23-17-25(33)36-24-6-3-19(16-22(23)24)15-18-1-4-21(5-2-18)37(34,35)32-13-11-31(12-14-32)20-7-9-30-10-8-20/h1-10,16-17H,11-15H2. The molecule has 0 spiro atoms. The molecule has 192 valence electrons. The van der Waals surface area contributed by atoms with Crippen molar-refractivity contribution in [2.45, 2.75) is 17.5 Å². The van der Waals surface area contributed by atoms with Gasteiger partial charge in [-0.1, -0.05) is 18.2 Å². The Kier molecular flexibility index (Phi) is 6.50. The van der Waals surface area contributed by atoms with Crippen molar-refractivity contribution in [2.24, 2.45) is 0 Å². The fourth-order valence-electron chi connectivity index (χ4n) is 4.46. The topological polar surface area (TPSA) is 83.7 Å². The number of hydrogen-bond donors (Lipinski definition) is 0. The van der Waals surface area contributed by atoms with Crippen LogP contribution in [0.4, 0.5) is 18.9 Å². The predicted molar refractivity (Wildman–Crippen MR) is 132 cm³/mol. The third-order valence-corrected chi connectivity index (χ3v) is 8.26. The van der Waals surface area contributed by atoms with Crippen molar-refractivity contribution in [3.63, 3.8) is 0 Å². The van der Waals surface area contributed by atoms with Crippen molar-refractivity contribution in [3.05, 3.63) is 100 Å². The highest BCUT2D eigenvalue weighted by atomic mass is 32.2. The number of fused-ring (bicyclic) bond motifs is 1. The summed E-state index contributed by atoms with van der Waals surface area (Å²) in [5, 5.41) is -0.199. The van der Waals surface area contributed by atoms with E-state index in [1.807, 2.05) is 12.1 Å². The van der Waals surface area contributed by atoms with Crippen LogP contribution in [0.1, 0.15) is 16.7 Å². The Morgan fingerprint density at radius 2 is 1.51 bits per heavy atom. The number of alkyl halides is 3. The average Bonchev–Trinajstić information content (AvgIpc) is 2.89. The lowest BCUT2D eigenvalue weighted by Crippen LogP contribution is -2.48. The van der Waals surface area contributed by atoms with Gasteiger partial charge in [-0.2, -0.15) is 17.5 Å². The second-order valence-corrected chi connectivity index (χ2v) is 10.7. The van der Waals surface area contributed by atoms with Crippen molar-refractivity contribution in [2.75, 3.05) is 31.1 Å². The first-order valence-electron chi connectivity index (χ1n) is 11.5. The maximum atomic E-state index is 13.4. The molecule has 1 saturated heterocycles. The molecule has 0 amide bonds. The number of sulfonamides is 1. The maximum absolute atomic E-state index is 13.4. The summed E-state index contributed by atoms with van der Waals surface area (Å²) in [7, 11) is -3.68. The first kappa shape index (κ1) is 25.0. The van der Waals surface area contributed by atoms with Crippen molar-refractivity contribution >= 4 is 26.7 Å². The Morgan fingerprint density at radius 3 is 2.16 bits per heavy atom. The van der Waals surface area contributed by atoms with E-state index in [2.05, 4.69) is 9.88 Å². The van der Waals surface area contributed by atoms with Crippen molar-refractivity contribution < 1.29 is 26.0 Å². The second kappa shape index (κ2) is 9.64.